The van der Waals surface area contributed by atoms with Gasteiger partial charge in [0, 0.05) is 11.7 Å². The van der Waals surface area contributed by atoms with Gasteiger partial charge >= 0.3 is 0 Å². The van der Waals surface area contributed by atoms with Crippen molar-refractivity contribution in [2.45, 2.75) is 69.9 Å². The Morgan fingerprint density at radius 3 is 2.30 bits per heavy atom. The van der Waals surface area contributed by atoms with Gasteiger partial charge in [-0.05, 0) is 81.1 Å². The van der Waals surface area contributed by atoms with Crippen molar-refractivity contribution in [1.82, 2.24) is 5.32 Å². The van der Waals surface area contributed by atoms with Gasteiger partial charge in [-0.3, -0.25) is 9.52 Å². The predicted octanol–water partition coefficient (Wildman–Crippen LogP) is 4.32. The number of sulfonamides is 1. The van der Waals surface area contributed by atoms with Gasteiger partial charge in [0.1, 0.15) is 5.75 Å². The molecule has 1 saturated carbocycles. The zero-order valence-corrected chi connectivity index (χ0v) is 18.6. The van der Waals surface area contributed by atoms with Crippen molar-refractivity contribution >= 4 is 21.6 Å². The smallest absolute Gasteiger partial charge is 0.261 e. The molecule has 0 heterocycles. The molecule has 0 spiro atoms. The second kappa shape index (κ2) is 9.51. The molecular weight excluding hydrogens is 400 g/mol. The summed E-state index contributed by atoms with van der Waals surface area (Å²) in [6.07, 6.45) is 4.89. The standard InChI is InChI=1S/C23H30N2O4S/c1-16-9-10-20(15-17(16)2)25-30(27,28)22-13-11-21(12-14-22)29-18(3)23(26)24-19-7-5-4-6-8-19/h9-15,18-19,25H,4-8H2,1-3H3,(H,24,26)/t18-/m0/s1. The van der Waals surface area contributed by atoms with E-state index in [1.807, 2.05) is 19.9 Å². The molecule has 6 nitrogen and oxygen atoms in total. The van der Waals surface area contributed by atoms with Gasteiger partial charge in [-0.25, -0.2) is 8.42 Å². The van der Waals surface area contributed by atoms with Crippen LogP contribution in [0.25, 0.3) is 0 Å². The van der Waals surface area contributed by atoms with Crippen molar-refractivity contribution in [3.63, 3.8) is 0 Å². The molecule has 0 saturated heterocycles. The SMILES string of the molecule is Cc1ccc(NS(=O)(=O)c2ccc(O[C@@H](C)C(=O)NC3CCCCC3)cc2)cc1C. The third-order valence-electron chi connectivity index (χ3n) is 5.53. The lowest BCUT2D eigenvalue weighted by Gasteiger charge is -2.24. The quantitative estimate of drug-likeness (QED) is 0.685. The fraction of sp³-hybridized carbons (Fsp3) is 0.435. The van der Waals surface area contributed by atoms with Crippen LogP contribution in [-0.4, -0.2) is 26.5 Å². The number of aryl methyl sites for hydroxylation is 2. The van der Waals surface area contributed by atoms with Crippen LogP contribution >= 0.6 is 0 Å². The molecule has 0 bridgehead atoms. The Morgan fingerprint density at radius 2 is 1.67 bits per heavy atom. The normalized spacial score (nSPS) is 16.0. The molecule has 1 aliphatic rings. The molecule has 2 aromatic rings. The molecule has 7 heteroatoms. The van der Waals surface area contributed by atoms with Crippen LogP contribution in [0.3, 0.4) is 0 Å². The highest BCUT2D eigenvalue weighted by Crippen LogP contribution is 2.22. The van der Waals surface area contributed by atoms with Gasteiger partial charge in [-0.2, -0.15) is 0 Å². The van der Waals surface area contributed by atoms with Crippen LogP contribution in [0.5, 0.6) is 5.75 Å². The van der Waals surface area contributed by atoms with Crippen molar-refractivity contribution in [3.05, 3.63) is 53.6 Å². The number of hydrogen-bond acceptors (Lipinski definition) is 4. The number of amides is 1. The molecule has 3 rings (SSSR count). The average molecular weight is 431 g/mol. The van der Waals surface area contributed by atoms with Crippen LogP contribution in [-0.2, 0) is 14.8 Å². The lowest BCUT2D eigenvalue weighted by molar-refractivity contribution is -0.128. The van der Waals surface area contributed by atoms with Gasteiger partial charge in [-0.1, -0.05) is 25.3 Å². The summed E-state index contributed by atoms with van der Waals surface area (Å²) in [7, 11) is -3.71. The molecule has 0 aliphatic heterocycles. The summed E-state index contributed by atoms with van der Waals surface area (Å²) >= 11 is 0. The topological polar surface area (TPSA) is 84.5 Å². The number of anilines is 1. The fourth-order valence-corrected chi connectivity index (χ4v) is 4.59. The number of carbonyl (C=O) groups excluding carboxylic acids is 1. The van der Waals surface area contributed by atoms with E-state index in [1.165, 1.54) is 18.6 Å². The molecule has 30 heavy (non-hydrogen) atoms. The predicted molar refractivity (Wildman–Crippen MR) is 118 cm³/mol. The second-order valence-corrected chi connectivity index (χ2v) is 9.66. The number of benzene rings is 2. The molecule has 0 aromatic heterocycles. The number of hydrogen-bond donors (Lipinski definition) is 2. The van der Waals surface area contributed by atoms with Crippen molar-refractivity contribution in [2.24, 2.45) is 0 Å². The van der Waals surface area contributed by atoms with E-state index >= 15 is 0 Å². The van der Waals surface area contributed by atoms with E-state index in [9.17, 15) is 13.2 Å². The van der Waals surface area contributed by atoms with Crippen molar-refractivity contribution < 1.29 is 17.9 Å². The third-order valence-corrected chi connectivity index (χ3v) is 6.92. The Hall–Kier alpha value is -2.54. The van der Waals surface area contributed by atoms with Crippen molar-refractivity contribution in [3.8, 4) is 5.75 Å². The van der Waals surface area contributed by atoms with Crippen molar-refractivity contribution in [1.29, 1.82) is 0 Å². The Bertz CT molecular complexity index is 981. The molecule has 162 valence electrons. The zero-order chi connectivity index (χ0) is 21.7. The average Bonchev–Trinajstić information content (AvgIpc) is 2.71. The minimum atomic E-state index is -3.71. The largest absolute Gasteiger partial charge is 0.481 e. The van der Waals surface area contributed by atoms with Gasteiger partial charge < -0.3 is 10.1 Å². The van der Waals surface area contributed by atoms with Gasteiger partial charge in [0.05, 0.1) is 4.90 Å². The van der Waals surface area contributed by atoms with E-state index in [0.29, 0.717) is 11.4 Å². The molecule has 1 atom stereocenters. The second-order valence-electron chi connectivity index (χ2n) is 7.98. The molecular formula is C23H30N2O4S. The molecule has 0 radical (unpaired) electrons. The first-order valence-electron chi connectivity index (χ1n) is 10.4. The maximum atomic E-state index is 12.6. The van der Waals surface area contributed by atoms with E-state index < -0.39 is 16.1 Å². The molecule has 0 unspecified atom stereocenters. The Balaban J connectivity index is 1.60. The highest BCUT2D eigenvalue weighted by atomic mass is 32.2. The minimum absolute atomic E-state index is 0.132. The summed E-state index contributed by atoms with van der Waals surface area (Å²) in [5, 5.41) is 3.04. The highest BCUT2D eigenvalue weighted by Gasteiger charge is 2.21. The van der Waals surface area contributed by atoms with Crippen LogP contribution in [0.1, 0.15) is 50.2 Å². The maximum absolute atomic E-state index is 12.6. The van der Waals surface area contributed by atoms with E-state index in [0.717, 1.165) is 36.8 Å². The summed E-state index contributed by atoms with van der Waals surface area (Å²) in [5.74, 6) is 0.307. The van der Waals surface area contributed by atoms with E-state index in [2.05, 4.69) is 10.0 Å². The monoisotopic (exact) mass is 430 g/mol. The first-order chi connectivity index (χ1) is 14.2. The van der Waals surface area contributed by atoms with E-state index in [4.69, 9.17) is 4.74 Å². The summed E-state index contributed by atoms with van der Waals surface area (Å²) in [6.45, 7) is 5.61. The third kappa shape index (κ3) is 5.75. The Labute approximate surface area is 179 Å². The Kier molecular flexibility index (Phi) is 7.02. The summed E-state index contributed by atoms with van der Waals surface area (Å²) < 4.78 is 33.6. The maximum Gasteiger partial charge on any atom is 0.261 e. The summed E-state index contributed by atoms with van der Waals surface area (Å²) in [4.78, 5) is 12.5. The van der Waals surface area contributed by atoms with Crippen LogP contribution in [0.15, 0.2) is 47.4 Å². The first kappa shape index (κ1) is 22.2. The van der Waals surface area contributed by atoms with E-state index in [-0.39, 0.29) is 16.8 Å². The summed E-state index contributed by atoms with van der Waals surface area (Å²) in [5.41, 5.74) is 2.63. The molecule has 1 fully saturated rings. The lowest BCUT2D eigenvalue weighted by Crippen LogP contribution is -2.43. The molecule has 2 aromatic carbocycles. The van der Waals surface area contributed by atoms with Gasteiger partial charge in [0.2, 0.25) is 0 Å². The van der Waals surface area contributed by atoms with Gasteiger partial charge in [-0.15, -0.1) is 0 Å². The highest BCUT2D eigenvalue weighted by molar-refractivity contribution is 7.92. The molecule has 1 amide bonds. The number of carbonyl (C=O) groups is 1. The Morgan fingerprint density at radius 1 is 1.00 bits per heavy atom. The van der Waals surface area contributed by atoms with Crippen LogP contribution in [0.4, 0.5) is 5.69 Å². The van der Waals surface area contributed by atoms with Gasteiger partial charge in [0.25, 0.3) is 15.9 Å². The number of nitrogens with one attached hydrogen (secondary N) is 2. The fourth-order valence-electron chi connectivity index (χ4n) is 3.54. The zero-order valence-electron chi connectivity index (χ0n) is 17.8. The lowest BCUT2D eigenvalue weighted by atomic mass is 9.95. The van der Waals surface area contributed by atoms with Gasteiger partial charge in [0.15, 0.2) is 6.10 Å². The summed E-state index contributed by atoms with van der Waals surface area (Å²) in [6, 6.07) is 11.7. The number of rotatable bonds is 7. The van der Waals surface area contributed by atoms with Crippen LogP contribution < -0.4 is 14.8 Å². The molecule has 2 N–H and O–H groups in total. The van der Waals surface area contributed by atoms with E-state index in [1.54, 1.807) is 31.2 Å². The van der Waals surface area contributed by atoms with Crippen molar-refractivity contribution in [2.75, 3.05) is 4.72 Å². The van der Waals surface area contributed by atoms with Crippen LogP contribution in [0.2, 0.25) is 0 Å². The first-order valence-corrected chi connectivity index (χ1v) is 11.9. The minimum Gasteiger partial charge on any atom is -0.481 e. The molecule has 1 aliphatic carbocycles. The number of ether oxygens (including phenoxy) is 1. The van der Waals surface area contributed by atoms with Crippen LogP contribution in [0, 0.1) is 13.8 Å².